The molecule has 3 N–H and O–H groups in total. The van der Waals surface area contributed by atoms with Crippen molar-refractivity contribution >= 4 is 39.9 Å². The molecule has 1 aromatic rings. The smallest absolute Gasteiger partial charge is 0.427 e. The zero-order valence-corrected chi connectivity index (χ0v) is 33.9. The number of nitrogens with zero attached hydrogens (tertiary/aromatic N) is 2. The fraction of sp³-hybridized carbons (Fsp3) is 0.667. The van der Waals surface area contributed by atoms with E-state index in [4.69, 9.17) is 9.47 Å². The number of sulfonamides is 1. The molecule has 3 fully saturated rings. The van der Waals surface area contributed by atoms with Crippen molar-refractivity contribution in [2.45, 2.75) is 139 Å². The second-order valence-corrected chi connectivity index (χ2v) is 19.4. The number of rotatable bonds is 7. The molecule has 14 nitrogen and oxygen atoms in total. The molecule has 320 valence electrons. The number of amides is 5. The molecule has 2 saturated carbocycles. The van der Waals surface area contributed by atoms with Crippen LogP contribution in [0.5, 0.6) is 0 Å². The van der Waals surface area contributed by atoms with Crippen molar-refractivity contribution in [2.24, 2.45) is 17.8 Å². The summed E-state index contributed by atoms with van der Waals surface area (Å²) in [4.78, 5) is 72.0. The van der Waals surface area contributed by atoms with E-state index in [0.717, 1.165) is 4.90 Å². The lowest BCUT2D eigenvalue weighted by atomic mass is 9.85. The zero-order valence-electron chi connectivity index (χ0n) is 33.1. The van der Waals surface area contributed by atoms with Crippen molar-refractivity contribution in [3.8, 4) is 0 Å². The lowest BCUT2D eigenvalue weighted by molar-refractivity contribution is -0.244. The van der Waals surface area contributed by atoms with E-state index >= 15 is 0 Å². The Bertz CT molecular complexity index is 1970. The molecule has 0 spiro atoms. The fourth-order valence-electron chi connectivity index (χ4n) is 7.99. The standard InChI is InChI=1S/C39H51F4N5O9S/c1-6-23-16-22(2)10-7-8-12-25-18-38(25,33(51)46-58(54,55)37(5)14-15-37)45-31(49)29-17-26(56-35(53)47-19-24-11-9-13-28(40)27(24)21-47)20-48(29)32(50)30(23)44-34(52)57-36(3,4)39(41,42)43/h8-9,11-13,22-23,25-26,29-30H,6-7,10,14-21H2,1-5H3,(H,44,52)(H,45,49)(H,46,51)/b12-8-/t22-,23-,25?,26-,29+,30+,38-/m1/s1. The van der Waals surface area contributed by atoms with Crippen LogP contribution in [-0.4, -0.2) is 94.9 Å². The SMILES string of the molecule is CC[C@@H]1C[C@H](C)CC/C=C\C2C[C@@]2(C(=O)NS(=O)(=O)C2(C)CC2)NC(=O)[C@@H]2C[C@@H](OC(=O)N3Cc4cccc(F)c4C3)CN2C(=O)[C@H]1NC(=O)OC(C)(C)C(F)(F)F. The van der Waals surface area contributed by atoms with Gasteiger partial charge in [-0.05, 0) is 82.8 Å². The Labute approximate surface area is 334 Å². The summed E-state index contributed by atoms with van der Waals surface area (Å²) in [5.74, 6) is -4.50. The molecule has 1 saturated heterocycles. The zero-order chi connectivity index (χ0) is 42.6. The van der Waals surface area contributed by atoms with Gasteiger partial charge < -0.3 is 25.0 Å². The van der Waals surface area contributed by atoms with Crippen molar-refractivity contribution in [3.63, 3.8) is 0 Å². The van der Waals surface area contributed by atoms with Gasteiger partial charge in [0, 0.05) is 24.4 Å². The third-order valence-electron chi connectivity index (χ3n) is 12.4. The summed E-state index contributed by atoms with van der Waals surface area (Å²) < 4.78 is 93.6. The van der Waals surface area contributed by atoms with Gasteiger partial charge in [-0.15, -0.1) is 0 Å². The number of hydrogen-bond acceptors (Lipinski definition) is 9. The van der Waals surface area contributed by atoms with E-state index in [0.29, 0.717) is 57.1 Å². The first-order chi connectivity index (χ1) is 27.0. The number of allylic oxidation sites excluding steroid dienone is 1. The first-order valence-electron chi connectivity index (χ1n) is 19.6. The number of halogens is 4. The minimum absolute atomic E-state index is 0.0401. The summed E-state index contributed by atoms with van der Waals surface area (Å²) in [5.41, 5.74) is -3.73. The highest BCUT2D eigenvalue weighted by Crippen LogP contribution is 2.48. The summed E-state index contributed by atoms with van der Waals surface area (Å²) in [6.07, 6.45) is -2.69. The van der Waals surface area contributed by atoms with Gasteiger partial charge in [-0.2, -0.15) is 13.2 Å². The number of carbonyl (C=O) groups is 5. The average molecular weight is 842 g/mol. The van der Waals surface area contributed by atoms with Gasteiger partial charge in [-0.3, -0.25) is 24.0 Å². The number of fused-ring (bicyclic) bond motifs is 3. The van der Waals surface area contributed by atoms with Crippen LogP contribution >= 0.6 is 0 Å². The fourth-order valence-corrected chi connectivity index (χ4v) is 9.30. The van der Waals surface area contributed by atoms with E-state index in [9.17, 15) is 50.0 Å². The molecule has 1 unspecified atom stereocenters. The molecule has 0 radical (unpaired) electrons. The molecule has 3 heterocycles. The van der Waals surface area contributed by atoms with Crippen molar-refractivity contribution in [2.75, 3.05) is 6.54 Å². The Hall–Kier alpha value is -4.42. The van der Waals surface area contributed by atoms with E-state index in [1.54, 1.807) is 19.1 Å². The molecule has 2 aliphatic carbocycles. The van der Waals surface area contributed by atoms with Crippen LogP contribution in [0.4, 0.5) is 27.2 Å². The highest BCUT2D eigenvalue weighted by Gasteiger charge is 2.63. The van der Waals surface area contributed by atoms with Crippen molar-refractivity contribution in [3.05, 3.63) is 47.3 Å². The summed E-state index contributed by atoms with van der Waals surface area (Å²) >= 11 is 0. The molecule has 19 heteroatoms. The Kier molecular flexibility index (Phi) is 11.6. The summed E-state index contributed by atoms with van der Waals surface area (Å²) in [7, 11) is -4.11. The van der Waals surface area contributed by atoms with E-state index in [2.05, 4.69) is 15.4 Å². The largest absolute Gasteiger partial charge is 0.444 e. The second-order valence-electron chi connectivity index (χ2n) is 17.2. The van der Waals surface area contributed by atoms with Gasteiger partial charge in [0.15, 0.2) is 0 Å². The molecule has 5 aliphatic rings. The Balaban J connectivity index is 1.32. The number of alkyl halides is 3. The molecular weight excluding hydrogens is 791 g/mol. The first kappa shape index (κ1) is 43.2. The van der Waals surface area contributed by atoms with Crippen LogP contribution in [0, 0.1) is 23.6 Å². The van der Waals surface area contributed by atoms with Crippen molar-refractivity contribution in [1.82, 2.24) is 25.2 Å². The normalized spacial score (nSPS) is 30.4. The van der Waals surface area contributed by atoms with E-state index in [-0.39, 0.29) is 44.8 Å². The predicted molar refractivity (Wildman–Crippen MR) is 199 cm³/mol. The quantitative estimate of drug-likeness (QED) is 0.253. The van der Waals surface area contributed by atoms with Crippen LogP contribution in [0.3, 0.4) is 0 Å². The van der Waals surface area contributed by atoms with E-state index in [1.807, 2.05) is 13.0 Å². The van der Waals surface area contributed by atoms with E-state index < -0.39 is 97.8 Å². The number of hydrogen-bond donors (Lipinski definition) is 3. The van der Waals surface area contributed by atoms with Gasteiger partial charge >= 0.3 is 18.4 Å². The number of alkyl carbamates (subject to hydrolysis) is 1. The van der Waals surface area contributed by atoms with Crippen molar-refractivity contribution < 1.29 is 59.4 Å². The Morgan fingerprint density at radius 1 is 1.09 bits per heavy atom. The van der Waals surface area contributed by atoms with Crippen LogP contribution in [0.15, 0.2) is 30.4 Å². The van der Waals surface area contributed by atoms with Crippen molar-refractivity contribution in [1.29, 1.82) is 0 Å². The predicted octanol–water partition coefficient (Wildman–Crippen LogP) is 4.96. The molecule has 5 amide bonds. The monoisotopic (exact) mass is 841 g/mol. The van der Waals surface area contributed by atoms with Crippen LogP contribution in [0.25, 0.3) is 0 Å². The van der Waals surface area contributed by atoms with Crippen LogP contribution in [0.2, 0.25) is 0 Å². The maximum Gasteiger partial charge on any atom is 0.427 e. The third kappa shape index (κ3) is 8.64. The van der Waals surface area contributed by atoms with E-state index in [1.165, 1.54) is 24.0 Å². The molecule has 1 aromatic carbocycles. The second kappa shape index (κ2) is 15.6. The highest BCUT2D eigenvalue weighted by atomic mass is 32.2. The Morgan fingerprint density at radius 3 is 2.43 bits per heavy atom. The lowest BCUT2D eigenvalue weighted by Gasteiger charge is -2.35. The molecule has 6 rings (SSSR count). The molecule has 3 aliphatic heterocycles. The van der Waals surface area contributed by atoms with Gasteiger partial charge in [0.05, 0.1) is 17.8 Å². The van der Waals surface area contributed by atoms with Gasteiger partial charge in [0.25, 0.3) is 5.91 Å². The topological polar surface area (TPSA) is 181 Å². The van der Waals surface area contributed by atoms with Gasteiger partial charge in [-0.1, -0.05) is 44.6 Å². The third-order valence-corrected chi connectivity index (χ3v) is 14.5. The minimum atomic E-state index is -4.95. The van der Waals surface area contributed by atoms with Gasteiger partial charge in [0.2, 0.25) is 27.4 Å². The summed E-state index contributed by atoms with van der Waals surface area (Å²) in [6, 6.07) is 1.50. The van der Waals surface area contributed by atoms with Gasteiger partial charge in [0.1, 0.15) is 29.5 Å². The highest BCUT2D eigenvalue weighted by molar-refractivity contribution is 7.91. The van der Waals surface area contributed by atoms with Crippen LogP contribution in [0.1, 0.15) is 97.1 Å². The number of nitrogens with one attached hydrogen (secondary N) is 3. The molecular formula is C39H51F4N5O9S. The van der Waals surface area contributed by atoms with Crippen LogP contribution < -0.4 is 15.4 Å². The molecule has 7 atom stereocenters. The number of benzene rings is 1. The van der Waals surface area contributed by atoms with Gasteiger partial charge in [-0.25, -0.2) is 22.4 Å². The summed E-state index contributed by atoms with van der Waals surface area (Å²) in [5, 5.41) is 5.08. The first-order valence-corrected chi connectivity index (χ1v) is 21.1. The minimum Gasteiger partial charge on any atom is -0.444 e. The maximum atomic E-state index is 14.8. The molecule has 58 heavy (non-hydrogen) atoms. The average Bonchev–Trinajstić information content (AvgIpc) is 3.92. The number of carbonyl (C=O) groups excluding carboxylic acids is 5. The lowest BCUT2D eigenvalue weighted by Crippen LogP contribution is -2.60. The summed E-state index contributed by atoms with van der Waals surface area (Å²) in [6.45, 7) is 6.07. The molecule has 0 bridgehead atoms. The Morgan fingerprint density at radius 2 is 1.79 bits per heavy atom. The van der Waals surface area contributed by atoms with Crippen LogP contribution in [-0.2, 0) is 47.0 Å². The number of ether oxygens (including phenoxy) is 2. The molecule has 0 aromatic heterocycles. The maximum absolute atomic E-state index is 14.8.